The highest BCUT2D eigenvalue weighted by Gasteiger charge is 2.41. The fraction of sp³-hybridized carbons (Fsp3) is 0.667. The lowest BCUT2D eigenvalue weighted by Gasteiger charge is -2.11. The van der Waals surface area contributed by atoms with E-state index < -0.39 is 0 Å². The number of nitrogens with zero attached hydrogens (tertiary/aromatic N) is 1. The molecule has 1 heterocycles. The molecule has 3 nitrogen and oxygen atoms in total. The van der Waals surface area contributed by atoms with Crippen molar-refractivity contribution in [2.24, 2.45) is 5.41 Å². The van der Waals surface area contributed by atoms with Gasteiger partial charge in [0.25, 0.3) is 0 Å². The summed E-state index contributed by atoms with van der Waals surface area (Å²) in [6.07, 6.45) is 2.32. The summed E-state index contributed by atoms with van der Waals surface area (Å²) in [5, 5.41) is 14.4. The van der Waals surface area contributed by atoms with E-state index in [1.165, 1.54) is 0 Å². The molecule has 1 saturated carbocycles. The van der Waals surface area contributed by atoms with Crippen molar-refractivity contribution in [1.29, 1.82) is 0 Å². The standard InChI is InChI=1S/C9H14N2OS/c12-6-9(1-2-9)5-10-3-8-4-13-7-11-8/h4,7,10,12H,1-3,5-6H2. The van der Waals surface area contributed by atoms with Crippen molar-refractivity contribution in [3.8, 4) is 0 Å². The van der Waals surface area contributed by atoms with Gasteiger partial charge < -0.3 is 10.4 Å². The molecule has 0 bridgehead atoms. The Bertz CT molecular complexity index is 257. The van der Waals surface area contributed by atoms with Gasteiger partial charge in [-0.3, -0.25) is 0 Å². The first-order valence-electron chi connectivity index (χ1n) is 4.53. The largest absolute Gasteiger partial charge is 0.396 e. The molecule has 72 valence electrons. The Labute approximate surface area is 81.8 Å². The lowest BCUT2D eigenvalue weighted by atomic mass is 10.1. The first-order chi connectivity index (χ1) is 6.35. The van der Waals surface area contributed by atoms with Gasteiger partial charge >= 0.3 is 0 Å². The second kappa shape index (κ2) is 3.74. The molecule has 2 rings (SSSR count). The summed E-state index contributed by atoms with van der Waals surface area (Å²) in [6, 6.07) is 0. The van der Waals surface area contributed by atoms with E-state index in [2.05, 4.69) is 10.3 Å². The van der Waals surface area contributed by atoms with Gasteiger partial charge in [-0.1, -0.05) is 0 Å². The van der Waals surface area contributed by atoms with Crippen LogP contribution < -0.4 is 5.32 Å². The van der Waals surface area contributed by atoms with Crippen LogP contribution in [0.5, 0.6) is 0 Å². The maximum Gasteiger partial charge on any atom is 0.0795 e. The second-order valence-corrected chi connectivity index (χ2v) is 4.46. The first kappa shape index (κ1) is 9.12. The van der Waals surface area contributed by atoms with E-state index in [0.29, 0.717) is 6.61 Å². The molecule has 13 heavy (non-hydrogen) atoms. The van der Waals surface area contributed by atoms with E-state index in [1.54, 1.807) is 11.3 Å². The van der Waals surface area contributed by atoms with Gasteiger partial charge in [-0.15, -0.1) is 11.3 Å². The summed E-state index contributed by atoms with van der Waals surface area (Å²) in [6.45, 7) is 2.06. The zero-order valence-electron chi connectivity index (χ0n) is 7.49. The van der Waals surface area contributed by atoms with Crippen LogP contribution in [0.25, 0.3) is 0 Å². The van der Waals surface area contributed by atoms with Gasteiger partial charge in [0.1, 0.15) is 0 Å². The molecule has 0 radical (unpaired) electrons. The molecule has 1 aliphatic rings. The van der Waals surface area contributed by atoms with Crippen LogP contribution in [0, 0.1) is 5.41 Å². The number of thiazole rings is 1. The minimum atomic E-state index is 0.204. The van der Waals surface area contributed by atoms with Gasteiger partial charge in [0, 0.05) is 30.5 Å². The molecule has 0 unspecified atom stereocenters. The van der Waals surface area contributed by atoms with E-state index >= 15 is 0 Å². The molecule has 1 aliphatic carbocycles. The third-order valence-electron chi connectivity index (χ3n) is 2.58. The third-order valence-corrected chi connectivity index (χ3v) is 3.22. The molecule has 0 aliphatic heterocycles. The smallest absolute Gasteiger partial charge is 0.0795 e. The number of hydrogen-bond acceptors (Lipinski definition) is 4. The monoisotopic (exact) mass is 198 g/mol. The number of aliphatic hydroxyl groups excluding tert-OH is 1. The maximum absolute atomic E-state index is 9.06. The number of aliphatic hydroxyl groups is 1. The Morgan fingerprint density at radius 1 is 1.62 bits per heavy atom. The van der Waals surface area contributed by atoms with E-state index in [0.717, 1.165) is 31.6 Å². The van der Waals surface area contributed by atoms with E-state index in [9.17, 15) is 0 Å². The molecule has 1 aromatic rings. The van der Waals surface area contributed by atoms with Crippen molar-refractivity contribution >= 4 is 11.3 Å². The first-order valence-corrected chi connectivity index (χ1v) is 5.48. The predicted molar refractivity (Wildman–Crippen MR) is 52.6 cm³/mol. The van der Waals surface area contributed by atoms with Crippen LogP contribution in [0.15, 0.2) is 10.9 Å². The molecule has 1 fully saturated rings. The summed E-state index contributed by atoms with van der Waals surface area (Å²) in [5.74, 6) is 0. The fourth-order valence-corrected chi connectivity index (χ4v) is 1.91. The Morgan fingerprint density at radius 2 is 2.46 bits per heavy atom. The molecule has 0 saturated heterocycles. The molecule has 1 aromatic heterocycles. The van der Waals surface area contributed by atoms with Crippen LogP contribution in [0.1, 0.15) is 18.5 Å². The van der Waals surface area contributed by atoms with E-state index in [-0.39, 0.29) is 5.41 Å². The van der Waals surface area contributed by atoms with Crippen molar-refractivity contribution < 1.29 is 5.11 Å². The van der Waals surface area contributed by atoms with Crippen molar-refractivity contribution in [1.82, 2.24) is 10.3 Å². The average molecular weight is 198 g/mol. The van der Waals surface area contributed by atoms with Crippen molar-refractivity contribution in [3.63, 3.8) is 0 Å². The summed E-state index contributed by atoms with van der Waals surface area (Å²) < 4.78 is 0. The summed E-state index contributed by atoms with van der Waals surface area (Å²) >= 11 is 1.62. The highest BCUT2D eigenvalue weighted by atomic mass is 32.1. The number of hydrogen-bond donors (Lipinski definition) is 2. The van der Waals surface area contributed by atoms with Crippen LogP contribution in [0.4, 0.5) is 0 Å². The zero-order chi connectivity index (χ0) is 9.15. The highest BCUT2D eigenvalue weighted by Crippen LogP contribution is 2.44. The molecule has 0 atom stereocenters. The Balaban J connectivity index is 1.70. The van der Waals surface area contributed by atoms with Crippen LogP contribution in [0.2, 0.25) is 0 Å². The summed E-state index contributed by atoms with van der Waals surface area (Å²) in [7, 11) is 0. The van der Waals surface area contributed by atoms with Gasteiger partial charge in [0.05, 0.1) is 11.2 Å². The number of rotatable bonds is 5. The topological polar surface area (TPSA) is 45.1 Å². The molecule has 4 heteroatoms. The Hall–Kier alpha value is -0.450. The van der Waals surface area contributed by atoms with Crippen LogP contribution in [-0.4, -0.2) is 23.2 Å². The zero-order valence-corrected chi connectivity index (χ0v) is 8.31. The van der Waals surface area contributed by atoms with Gasteiger partial charge in [-0.2, -0.15) is 0 Å². The third kappa shape index (κ3) is 2.27. The molecule has 0 spiro atoms. The lowest BCUT2D eigenvalue weighted by molar-refractivity contribution is 0.207. The van der Waals surface area contributed by atoms with Crippen molar-refractivity contribution in [2.75, 3.05) is 13.2 Å². The van der Waals surface area contributed by atoms with Crippen molar-refractivity contribution in [3.05, 3.63) is 16.6 Å². The van der Waals surface area contributed by atoms with Gasteiger partial charge in [-0.05, 0) is 12.8 Å². The molecular formula is C9H14N2OS. The fourth-order valence-electron chi connectivity index (χ4n) is 1.35. The van der Waals surface area contributed by atoms with Gasteiger partial charge in [0.2, 0.25) is 0 Å². The average Bonchev–Trinajstić information content (AvgIpc) is 2.74. The highest BCUT2D eigenvalue weighted by molar-refractivity contribution is 7.07. The minimum Gasteiger partial charge on any atom is -0.396 e. The van der Waals surface area contributed by atoms with E-state index in [4.69, 9.17) is 5.11 Å². The molecule has 0 amide bonds. The van der Waals surface area contributed by atoms with Crippen LogP contribution >= 0.6 is 11.3 Å². The predicted octanol–water partition coefficient (Wildman–Crippen LogP) is 1.01. The lowest BCUT2D eigenvalue weighted by Crippen LogP contribution is -2.26. The molecule has 2 N–H and O–H groups in total. The summed E-state index contributed by atoms with van der Waals surface area (Å²) in [4.78, 5) is 4.18. The van der Waals surface area contributed by atoms with Gasteiger partial charge in [0.15, 0.2) is 0 Å². The van der Waals surface area contributed by atoms with Crippen LogP contribution in [0.3, 0.4) is 0 Å². The summed E-state index contributed by atoms with van der Waals surface area (Å²) in [5.41, 5.74) is 3.14. The van der Waals surface area contributed by atoms with E-state index in [1.807, 2.05) is 10.9 Å². The molecular weight excluding hydrogens is 184 g/mol. The maximum atomic E-state index is 9.06. The number of aromatic nitrogens is 1. The normalized spacial score (nSPS) is 18.8. The van der Waals surface area contributed by atoms with Crippen LogP contribution in [-0.2, 0) is 6.54 Å². The van der Waals surface area contributed by atoms with Crippen molar-refractivity contribution in [2.45, 2.75) is 19.4 Å². The SMILES string of the molecule is OCC1(CNCc2cscn2)CC1. The minimum absolute atomic E-state index is 0.204. The quantitative estimate of drug-likeness (QED) is 0.742. The Kier molecular flexibility index (Phi) is 2.62. The van der Waals surface area contributed by atoms with Gasteiger partial charge in [-0.25, -0.2) is 4.98 Å². The Morgan fingerprint density at radius 3 is 3.00 bits per heavy atom. The molecule has 0 aromatic carbocycles. The second-order valence-electron chi connectivity index (χ2n) is 3.74. The number of nitrogens with one attached hydrogen (secondary N) is 1.